The number of benzene rings is 1. The summed E-state index contributed by atoms with van der Waals surface area (Å²) in [5.74, 6) is 0.772. The number of rotatable bonds is 3. The zero-order valence-electron chi connectivity index (χ0n) is 11.4. The van der Waals surface area contributed by atoms with Gasteiger partial charge in [0.05, 0.1) is 19.0 Å². The zero-order chi connectivity index (χ0) is 14.1. The highest BCUT2D eigenvalue weighted by Gasteiger charge is 2.13. The van der Waals surface area contributed by atoms with Crippen LogP contribution in [0.3, 0.4) is 0 Å². The van der Waals surface area contributed by atoms with E-state index < -0.39 is 0 Å². The lowest BCUT2D eigenvalue weighted by Gasteiger charge is -2.08. The lowest BCUT2D eigenvalue weighted by atomic mass is 10.0. The van der Waals surface area contributed by atoms with Gasteiger partial charge in [-0.1, -0.05) is 6.92 Å². The van der Waals surface area contributed by atoms with E-state index in [2.05, 4.69) is 16.9 Å². The van der Waals surface area contributed by atoms with Crippen molar-refractivity contribution < 1.29 is 9.84 Å². The molecule has 0 fully saturated rings. The minimum Gasteiger partial charge on any atom is -0.508 e. The smallest absolute Gasteiger partial charge is 0.258 e. The number of imidazole rings is 1. The minimum atomic E-state index is 0.277. The van der Waals surface area contributed by atoms with E-state index in [1.807, 2.05) is 16.7 Å². The molecule has 0 saturated heterocycles. The van der Waals surface area contributed by atoms with Gasteiger partial charge in [-0.15, -0.1) is 0 Å². The van der Waals surface area contributed by atoms with Gasteiger partial charge in [0.25, 0.3) is 5.88 Å². The maximum absolute atomic E-state index is 9.61. The molecule has 0 aliphatic rings. The molecular formula is C15H15N3O2. The molecule has 0 atom stereocenters. The van der Waals surface area contributed by atoms with Crippen LogP contribution in [0.25, 0.3) is 16.9 Å². The third kappa shape index (κ3) is 1.87. The summed E-state index contributed by atoms with van der Waals surface area (Å²) < 4.78 is 7.16. The fraction of sp³-hybridized carbons (Fsp3) is 0.200. The second-order valence-corrected chi connectivity index (χ2v) is 4.47. The number of ether oxygens (including phenoxy) is 1. The molecule has 2 heterocycles. The predicted molar refractivity (Wildman–Crippen MR) is 76.0 cm³/mol. The summed E-state index contributed by atoms with van der Waals surface area (Å²) in [5.41, 5.74) is 3.76. The standard InChI is InChI=1S/C15H15N3O2/c1-3-10-8-11(19)4-5-12(10)13-9-17-14-15(20-2)16-6-7-18(13)14/h4-9,19H,3H2,1-2H3. The number of methoxy groups -OCH3 is 1. The molecule has 102 valence electrons. The van der Waals surface area contributed by atoms with Gasteiger partial charge in [-0.3, -0.25) is 4.40 Å². The maximum Gasteiger partial charge on any atom is 0.258 e. The molecule has 0 radical (unpaired) electrons. The molecule has 5 nitrogen and oxygen atoms in total. The van der Waals surface area contributed by atoms with Crippen molar-refractivity contribution in [3.8, 4) is 22.9 Å². The average molecular weight is 269 g/mol. The number of nitrogens with zero attached hydrogens (tertiary/aromatic N) is 3. The van der Waals surface area contributed by atoms with Crippen molar-refractivity contribution in [3.05, 3.63) is 42.4 Å². The molecule has 0 unspecified atom stereocenters. The van der Waals surface area contributed by atoms with E-state index in [0.29, 0.717) is 11.5 Å². The van der Waals surface area contributed by atoms with E-state index in [-0.39, 0.29) is 5.75 Å². The Balaban J connectivity index is 2.25. The molecule has 0 amide bonds. The topological polar surface area (TPSA) is 59.7 Å². The molecule has 0 aliphatic heterocycles. The van der Waals surface area contributed by atoms with Gasteiger partial charge in [0.1, 0.15) is 5.75 Å². The van der Waals surface area contributed by atoms with E-state index in [4.69, 9.17) is 4.74 Å². The molecule has 0 saturated carbocycles. The van der Waals surface area contributed by atoms with Crippen molar-refractivity contribution in [1.29, 1.82) is 0 Å². The zero-order valence-corrected chi connectivity index (χ0v) is 11.4. The van der Waals surface area contributed by atoms with E-state index in [0.717, 1.165) is 23.2 Å². The monoisotopic (exact) mass is 269 g/mol. The van der Waals surface area contributed by atoms with Gasteiger partial charge < -0.3 is 9.84 Å². The lowest BCUT2D eigenvalue weighted by molar-refractivity contribution is 0.400. The number of aromatic hydroxyl groups is 1. The average Bonchev–Trinajstić information content (AvgIpc) is 2.90. The molecule has 0 bridgehead atoms. The minimum absolute atomic E-state index is 0.277. The quantitative estimate of drug-likeness (QED) is 0.794. The van der Waals surface area contributed by atoms with E-state index >= 15 is 0 Å². The van der Waals surface area contributed by atoms with Crippen LogP contribution in [-0.4, -0.2) is 26.6 Å². The second kappa shape index (κ2) is 4.85. The number of aromatic nitrogens is 3. The normalized spacial score (nSPS) is 10.9. The summed E-state index contributed by atoms with van der Waals surface area (Å²) in [4.78, 5) is 8.52. The first-order valence-electron chi connectivity index (χ1n) is 6.43. The summed E-state index contributed by atoms with van der Waals surface area (Å²) >= 11 is 0. The van der Waals surface area contributed by atoms with Gasteiger partial charge in [-0.05, 0) is 30.2 Å². The number of hydrogen-bond acceptors (Lipinski definition) is 4. The summed E-state index contributed by atoms with van der Waals surface area (Å²) in [7, 11) is 1.58. The number of aryl methyl sites for hydroxylation is 1. The Morgan fingerprint density at radius 2 is 2.15 bits per heavy atom. The van der Waals surface area contributed by atoms with Crippen LogP contribution in [0.2, 0.25) is 0 Å². The second-order valence-electron chi connectivity index (χ2n) is 4.47. The van der Waals surface area contributed by atoms with Crippen molar-refractivity contribution in [2.45, 2.75) is 13.3 Å². The maximum atomic E-state index is 9.61. The Labute approximate surface area is 116 Å². The van der Waals surface area contributed by atoms with E-state index in [1.165, 1.54) is 0 Å². The molecule has 3 rings (SSSR count). The first-order chi connectivity index (χ1) is 9.74. The molecular weight excluding hydrogens is 254 g/mol. The fourth-order valence-electron chi connectivity index (χ4n) is 2.36. The van der Waals surface area contributed by atoms with Gasteiger partial charge in [-0.25, -0.2) is 9.97 Å². The van der Waals surface area contributed by atoms with Crippen LogP contribution in [0.1, 0.15) is 12.5 Å². The van der Waals surface area contributed by atoms with Crippen LogP contribution in [0, 0.1) is 0 Å². The summed E-state index contributed by atoms with van der Waals surface area (Å²) in [6.07, 6.45) is 6.17. The van der Waals surface area contributed by atoms with Crippen LogP contribution in [0.5, 0.6) is 11.6 Å². The van der Waals surface area contributed by atoms with Crippen LogP contribution < -0.4 is 4.74 Å². The summed E-state index contributed by atoms with van der Waals surface area (Å²) in [5, 5.41) is 9.61. The highest BCUT2D eigenvalue weighted by Crippen LogP contribution is 2.29. The number of fused-ring (bicyclic) bond motifs is 1. The molecule has 0 spiro atoms. The Morgan fingerprint density at radius 3 is 2.90 bits per heavy atom. The van der Waals surface area contributed by atoms with Gasteiger partial charge in [0.15, 0.2) is 0 Å². The van der Waals surface area contributed by atoms with E-state index in [1.54, 1.807) is 31.6 Å². The Kier molecular flexibility index (Phi) is 3.02. The van der Waals surface area contributed by atoms with Crippen molar-refractivity contribution in [1.82, 2.24) is 14.4 Å². The Bertz CT molecular complexity index is 765. The van der Waals surface area contributed by atoms with Gasteiger partial charge in [0.2, 0.25) is 5.65 Å². The Morgan fingerprint density at radius 1 is 1.30 bits per heavy atom. The largest absolute Gasteiger partial charge is 0.508 e. The van der Waals surface area contributed by atoms with Crippen molar-refractivity contribution in [2.24, 2.45) is 0 Å². The third-order valence-electron chi connectivity index (χ3n) is 3.33. The van der Waals surface area contributed by atoms with Crippen LogP contribution in [0.4, 0.5) is 0 Å². The highest BCUT2D eigenvalue weighted by molar-refractivity contribution is 5.69. The van der Waals surface area contributed by atoms with Gasteiger partial charge >= 0.3 is 0 Å². The SMILES string of the molecule is CCc1cc(O)ccc1-c1cnc2c(OC)nccn12. The third-order valence-corrected chi connectivity index (χ3v) is 3.33. The number of phenolic OH excluding ortho intramolecular Hbond substituents is 1. The molecule has 2 aromatic heterocycles. The molecule has 20 heavy (non-hydrogen) atoms. The highest BCUT2D eigenvalue weighted by atomic mass is 16.5. The number of hydrogen-bond donors (Lipinski definition) is 1. The van der Waals surface area contributed by atoms with Crippen LogP contribution in [-0.2, 0) is 6.42 Å². The fourth-order valence-corrected chi connectivity index (χ4v) is 2.36. The molecule has 3 aromatic rings. The van der Waals surface area contributed by atoms with Crippen molar-refractivity contribution in [2.75, 3.05) is 7.11 Å². The van der Waals surface area contributed by atoms with Gasteiger partial charge in [0, 0.05) is 18.0 Å². The first kappa shape index (κ1) is 12.5. The van der Waals surface area contributed by atoms with Crippen molar-refractivity contribution >= 4 is 5.65 Å². The molecule has 1 N–H and O–H groups in total. The molecule has 1 aromatic carbocycles. The van der Waals surface area contributed by atoms with E-state index in [9.17, 15) is 5.11 Å². The molecule has 0 aliphatic carbocycles. The van der Waals surface area contributed by atoms with Crippen molar-refractivity contribution in [3.63, 3.8) is 0 Å². The van der Waals surface area contributed by atoms with Gasteiger partial charge in [-0.2, -0.15) is 0 Å². The van der Waals surface area contributed by atoms with Crippen LogP contribution in [0.15, 0.2) is 36.8 Å². The number of phenols is 1. The molecule has 5 heteroatoms. The van der Waals surface area contributed by atoms with Crippen LogP contribution >= 0.6 is 0 Å². The lowest BCUT2D eigenvalue weighted by Crippen LogP contribution is -1.96. The summed E-state index contributed by atoms with van der Waals surface area (Å²) in [6, 6.07) is 5.38. The predicted octanol–water partition coefficient (Wildman–Crippen LogP) is 2.67. The Hall–Kier alpha value is -2.56. The summed E-state index contributed by atoms with van der Waals surface area (Å²) in [6.45, 7) is 2.06. The first-order valence-corrected chi connectivity index (χ1v) is 6.43.